The molecule has 0 fully saturated rings. The normalized spacial score (nSPS) is 11.1. The van der Waals surface area contributed by atoms with Crippen molar-refractivity contribution in [3.8, 4) is 11.5 Å². The zero-order chi connectivity index (χ0) is 19.5. The van der Waals surface area contributed by atoms with Gasteiger partial charge in [0.25, 0.3) is 0 Å². The van der Waals surface area contributed by atoms with E-state index < -0.39 is 0 Å². The maximum absolute atomic E-state index is 5.99. The third kappa shape index (κ3) is 9.27. The van der Waals surface area contributed by atoms with Gasteiger partial charge in [0.15, 0.2) is 5.96 Å². The van der Waals surface area contributed by atoms with Crippen LogP contribution in [0.2, 0.25) is 0 Å². The van der Waals surface area contributed by atoms with E-state index in [2.05, 4.69) is 10.3 Å². The van der Waals surface area contributed by atoms with E-state index in [0.29, 0.717) is 25.7 Å². The predicted molar refractivity (Wildman–Crippen MR) is 125 cm³/mol. The Balaban J connectivity index is 0.00000392. The SMILES string of the molecule is COCCCOc1cccc(CN=C(N)Nc2ccc(OC(C)C)cc2)c1.I. The lowest BCUT2D eigenvalue weighted by atomic mass is 10.2. The molecule has 0 aliphatic heterocycles. The van der Waals surface area contributed by atoms with E-state index in [1.807, 2.05) is 62.4 Å². The molecule has 7 heteroatoms. The van der Waals surface area contributed by atoms with Gasteiger partial charge >= 0.3 is 0 Å². The van der Waals surface area contributed by atoms with Crippen LogP contribution < -0.4 is 20.5 Å². The molecule has 154 valence electrons. The van der Waals surface area contributed by atoms with Gasteiger partial charge in [0, 0.05) is 25.8 Å². The number of methoxy groups -OCH3 is 1. The number of nitrogens with two attached hydrogens (primary N) is 1. The zero-order valence-corrected chi connectivity index (χ0v) is 19.0. The number of anilines is 1. The lowest BCUT2D eigenvalue weighted by molar-refractivity contribution is 0.172. The van der Waals surface area contributed by atoms with Crippen LogP contribution in [0.4, 0.5) is 5.69 Å². The molecule has 0 radical (unpaired) electrons. The minimum atomic E-state index is 0. The van der Waals surface area contributed by atoms with Crippen molar-refractivity contribution in [3.63, 3.8) is 0 Å². The highest BCUT2D eigenvalue weighted by Crippen LogP contribution is 2.17. The first-order chi connectivity index (χ1) is 13.1. The van der Waals surface area contributed by atoms with Crippen molar-refractivity contribution < 1.29 is 14.2 Å². The van der Waals surface area contributed by atoms with Gasteiger partial charge in [0.1, 0.15) is 11.5 Å². The van der Waals surface area contributed by atoms with Crippen molar-refractivity contribution in [2.45, 2.75) is 32.9 Å². The summed E-state index contributed by atoms with van der Waals surface area (Å²) < 4.78 is 16.3. The molecule has 2 aromatic rings. The Kier molecular flexibility index (Phi) is 11.4. The Morgan fingerprint density at radius 3 is 2.50 bits per heavy atom. The number of ether oxygens (including phenoxy) is 3. The Labute approximate surface area is 184 Å². The Morgan fingerprint density at radius 2 is 1.82 bits per heavy atom. The van der Waals surface area contributed by atoms with Crippen LogP contribution in [0.25, 0.3) is 0 Å². The summed E-state index contributed by atoms with van der Waals surface area (Å²) in [5, 5.41) is 3.08. The molecule has 0 amide bonds. The minimum absolute atomic E-state index is 0. The number of aliphatic imine (C=N–C) groups is 1. The quantitative estimate of drug-likeness (QED) is 0.219. The van der Waals surface area contributed by atoms with Gasteiger partial charge in [-0.05, 0) is 55.8 Å². The first-order valence-electron chi connectivity index (χ1n) is 9.11. The highest BCUT2D eigenvalue weighted by atomic mass is 127. The molecule has 6 nitrogen and oxygen atoms in total. The first-order valence-corrected chi connectivity index (χ1v) is 9.11. The average Bonchev–Trinajstić information content (AvgIpc) is 2.65. The maximum Gasteiger partial charge on any atom is 0.193 e. The number of guanidine groups is 1. The molecule has 2 aromatic carbocycles. The monoisotopic (exact) mass is 499 g/mol. The van der Waals surface area contributed by atoms with Gasteiger partial charge in [0.2, 0.25) is 0 Å². The van der Waals surface area contributed by atoms with Crippen molar-refractivity contribution in [2.75, 3.05) is 25.6 Å². The van der Waals surface area contributed by atoms with Crippen molar-refractivity contribution >= 4 is 35.6 Å². The second kappa shape index (κ2) is 13.2. The Bertz CT molecular complexity index is 721. The summed E-state index contributed by atoms with van der Waals surface area (Å²) in [5.41, 5.74) is 7.88. The fourth-order valence-corrected chi connectivity index (χ4v) is 2.38. The topological polar surface area (TPSA) is 78.1 Å². The van der Waals surface area contributed by atoms with Crippen LogP contribution in [0, 0.1) is 0 Å². The lowest BCUT2D eigenvalue weighted by Crippen LogP contribution is -2.22. The number of hydrogen-bond donors (Lipinski definition) is 2. The van der Waals surface area contributed by atoms with E-state index in [4.69, 9.17) is 19.9 Å². The van der Waals surface area contributed by atoms with Crippen LogP contribution >= 0.6 is 24.0 Å². The predicted octanol–water partition coefficient (Wildman–Crippen LogP) is 4.43. The summed E-state index contributed by atoms with van der Waals surface area (Å²) >= 11 is 0. The molecular formula is C21H30IN3O3. The largest absolute Gasteiger partial charge is 0.493 e. The molecule has 0 aliphatic carbocycles. The molecule has 0 unspecified atom stereocenters. The van der Waals surface area contributed by atoms with Crippen molar-refractivity contribution in [2.24, 2.45) is 10.7 Å². The van der Waals surface area contributed by atoms with Crippen LogP contribution in [-0.4, -0.2) is 32.4 Å². The van der Waals surface area contributed by atoms with Crippen LogP contribution in [0.5, 0.6) is 11.5 Å². The molecule has 0 heterocycles. The number of halogens is 1. The van der Waals surface area contributed by atoms with E-state index in [0.717, 1.165) is 29.2 Å². The second-order valence-electron chi connectivity index (χ2n) is 6.36. The third-order valence-corrected chi connectivity index (χ3v) is 3.59. The number of nitrogens with one attached hydrogen (secondary N) is 1. The van der Waals surface area contributed by atoms with E-state index in [9.17, 15) is 0 Å². The molecule has 28 heavy (non-hydrogen) atoms. The van der Waals surface area contributed by atoms with Gasteiger partial charge in [-0.2, -0.15) is 0 Å². The van der Waals surface area contributed by atoms with Gasteiger partial charge < -0.3 is 25.3 Å². The Hall–Kier alpha value is -2.00. The number of rotatable bonds is 10. The van der Waals surface area contributed by atoms with Gasteiger partial charge in [-0.1, -0.05) is 12.1 Å². The van der Waals surface area contributed by atoms with Crippen LogP contribution in [0.3, 0.4) is 0 Å². The average molecular weight is 499 g/mol. The van der Waals surface area contributed by atoms with Crippen molar-refractivity contribution in [3.05, 3.63) is 54.1 Å². The third-order valence-electron chi connectivity index (χ3n) is 3.59. The number of hydrogen-bond acceptors (Lipinski definition) is 4. The molecule has 0 spiro atoms. The smallest absolute Gasteiger partial charge is 0.193 e. The summed E-state index contributed by atoms with van der Waals surface area (Å²) in [4.78, 5) is 4.39. The number of nitrogens with zero attached hydrogens (tertiary/aromatic N) is 1. The van der Waals surface area contributed by atoms with E-state index in [1.54, 1.807) is 7.11 Å². The molecule has 0 bridgehead atoms. The number of benzene rings is 2. The molecule has 0 aliphatic rings. The van der Waals surface area contributed by atoms with Gasteiger partial charge in [-0.25, -0.2) is 4.99 Å². The van der Waals surface area contributed by atoms with Gasteiger partial charge in [0.05, 0.1) is 19.3 Å². The summed E-state index contributed by atoms with van der Waals surface area (Å²) in [6.45, 7) is 5.78. The van der Waals surface area contributed by atoms with Gasteiger partial charge in [-0.3, -0.25) is 0 Å². The molecule has 2 rings (SSSR count). The van der Waals surface area contributed by atoms with Crippen LogP contribution in [-0.2, 0) is 11.3 Å². The highest BCUT2D eigenvalue weighted by molar-refractivity contribution is 14.0. The first kappa shape index (κ1) is 24.0. The standard InChI is InChI=1S/C21H29N3O3.HI/c1-16(2)27-19-10-8-18(9-11-19)24-21(22)23-15-17-6-4-7-20(14-17)26-13-5-12-25-3;/h4,6-11,14,16H,5,12-13,15H2,1-3H3,(H3,22,23,24);1H. The molecule has 3 N–H and O–H groups in total. The minimum Gasteiger partial charge on any atom is -0.493 e. The molecule has 0 saturated heterocycles. The summed E-state index contributed by atoms with van der Waals surface area (Å²) in [5.74, 6) is 2.01. The van der Waals surface area contributed by atoms with Crippen molar-refractivity contribution in [1.82, 2.24) is 0 Å². The van der Waals surface area contributed by atoms with Crippen molar-refractivity contribution in [1.29, 1.82) is 0 Å². The van der Waals surface area contributed by atoms with E-state index in [-0.39, 0.29) is 30.1 Å². The summed E-state index contributed by atoms with van der Waals surface area (Å²) in [6.07, 6.45) is 1.01. The maximum atomic E-state index is 5.99. The molecule has 0 aromatic heterocycles. The highest BCUT2D eigenvalue weighted by Gasteiger charge is 2.01. The molecule has 0 saturated carbocycles. The lowest BCUT2D eigenvalue weighted by Gasteiger charge is -2.11. The van der Waals surface area contributed by atoms with E-state index in [1.165, 1.54) is 0 Å². The van der Waals surface area contributed by atoms with E-state index >= 15 is 0 Å². The second-order valence-corrected chi connectivity index (χ2v) is 6.36. The fraction of sp³-hybridized carbons (Fsp3) is 0.381. The fourth-order valence-electron chi connectivity index (χ4n) is 2.38. The van der Waals surface area contributed by atoms with Crippen LogP contribution in [0.1, 0.15) is 25.8 Å². The summed E-state index contributed by atoms with van der Waals surface area (Å²) in [7, 11) is 1.69. The van der Waals surface area contributed by atoms with Crippen LogP contribution in [0.15, 0.2) is 53.5 Å². The van der Waals surface area contributed by atoms with Gasteiger partial charge in [-0.15, -0.1) is 24.0 Å². The molecule has 0 atom stereocenters. The summed E-state index contributed by atoms with van der Waals surface area (Å²) in [6, 6.07) is 15.5. The Morgan fingerprint density at radius 1 is 1.07 bits per heavy atom. The zero-order valence-electron chi connectivity index (χ0n) is 16.7. The molecular weight excluding hydrogens is 469 g/mol.